The lowest BCUT2D eigenvalue weighted by Crippen LogP contribution is -2.20. The first-order valence-electron chi connectivity index (χ1n) is 9.75. The Hall–Kier alpha value is -2.84. The number of halogens is 2. The van der Waals surface area contributed by atoms with Crippen LogP contribution in [-0.2, 0) is 9.63 Å². The van der Waals surface area contributed by atoms with Crippen molar-refractivity contribution in [2.24, 2.45) is 5.16 Å². The summed E-state index contributed by atoms with van der Waals surface area (Å²) in [5, 5.41) is 12.8. The molecular formula is C24H21Br2NO5. The second-order valence-electron chi connectivity index (χ2n) is 6.72. The van der Waals surface area contributed by atoms with E-state index in [2.05, 4.69) is 37.0 Å². The topological polar surface area (TPSA) is 77.3 Å². The lowest BCUT2D eigenvalue weighted by Gasteiger charge is -2.14. The third-order valence-corrected chi connectivity index (χ3v) is 5.71. The number of nitrogens with zero attached hydrogens (tertiary/aromatic N) is 1. The van der Waals surface area contributed by atoms with E-state index < -0.39 is 12.1 Å². The van der Waals surface area contributed by atoms with Crippen molar-refractivity contribution in [3.05, 3.63) is 75.2 Å². The van der Waals surface area contributed by atoms with Gasteiger partial charge in [-0.1, -0.05) is 42.4 Å². The molecule has 0 fully saturated rings. The van der Waals surface area contributed by atoms with E-state index in [4.69, 9.17) is 19.4 Å². The van der Waals surface area contributed by atoms with Crippen LogP contribution in [0.2, 0.25) is 0 Å². The lowest BCUT2D eigenvalue weighted by molar-refractivity contribution is -0.150. The Bertz CT molecular complexity index is 1100. The summed E-state index contributed by atoms with van der Waals surface area (Å²) >= 11 is 7.06. The number of oxime groups is 1. The Balaban J connectivity index is 1.83. The van der Waals surface area contributed by atoms with E-state index in [9.17, 15) is 4.79 Å². The molecule has 32 heavy (non-hydrogen) atoms. The van der Waals surface area contributed by atoms with E-state index in [1.165, 1.54) is 6.21 Å². The SMILES string of the molecule is CCC(O/N=C/c1cc(Br)c(Oc2ccc(OC)c(-c3ccccc3)c2)c(Br)c1)C(=O)O. The van der Waals surface area contributed by atoms with E-state index in [1.54, 1.807) is 26.2 Å². The van der Waals surface area contributed by atoms with Gasteiger partial charge >= 0.3 is 5.97 Å². The minimum atomic E-state index is -1.05. The van der Waals surface area contributed by atoms with Gasteiger partial charge in [-0.3, -0.25) is 0 Å². The Morgan fingerprint density at radius 2 is 1.78 bits per heavy atom. The normalized spacial score (nSPS) is 11.9. The summed E-state index contributed by atoms with van der Waals surface area (Å²) in [6.45, 7) is 1.72. The molecular weight excluding hydrogens is 542 g/mol. The fourth-order valence-corrected chi connectivity index (χ4v) is 4.31. The van der Waals surface area contributed by atoms with Gasteiger partial charge in [-0.25, -0.2) is 4.79 Å². The van der Waals surface area contributed by atoms with Crippen molar-refractivity contribution in [1.82, 2.24) is 0 Å². The van der Waals surface area contributed by atoms with Crippen LogP contribution in [0.1, 0.15) is 18.9 Å². The summed E-state index contributed by atoms with van der Waals surface area (Å²) in [5.74, 6) is 0.928. The van der Waals surface area contributed by atoms with Crippen LogP contribution in [0.15, 0.2) is 74.8 Å². The Morgan fingerprint density at radius 3 is 2.38 bits per heavy atom. The molecule has 166 valence electrons. The highest BCUT2D eigenvalue weighted by Gasteiger charge is 2.16. The Labute approximate surface area is 203 Å². The van der Waals surface area contributed by atoms with Gasteiger partial charge in [0, 0.05) is 5.56 Å². The summed E-state index contributed by atoms with van der Waals surface area (Å²) in [4.78, 5) is 16.1. The summed E-state index contributed by atoms with van der Waals surface area (Å²) in [6, 6.07) is 19.2. The fraction of sp³-hybridized carbons (Fsp3) is 0.167. The maximum atomic E-state index is 11.0. The van der Waals surface area contributed by atoms with Crippen LogP contribution in [0.3, 0.4) is 0 Å². The molecule has 3 aromatic rings. The van der Waals surface area contributed by atoms with E-state index in [-0.39, 0.29) is 0 Å². The van der Waals surface area contributed by atoms with Gasteiger partial charge in [0.2, 0.25) is 6.10 Å². The molecule has 0 aliphatic heterocycles. The molecule has 0 spiro atoms. The van der Waals surface area contributed by atoms with E-state index in [1.807, 2.05) is 48.5 Å². The first-order chi connectivity index (χ1) is 15.4. The molecule has 1 unspecified atom stereocenters. The van der Waals surface area contributed by atoms with Crippen molar-refractivity contribution in [3.8, 4) is 28.4 Å². The quantitative estimate of drug-likeness (QED) is 0.227. The van der Waals surface area contributed by atoms with Gasteiger partial charge in [-0.05, 0) is 79.7 Å². The molecule has 0 aromatic heterocycles. The average Bonchev–Trinajstić information content (AvgIpc) is 2.79. The maximum Gasteiger partial charge on any atom is 0.347 e. The molecule has 0 aliphatic rings. The summed E-state index contributed by atoms with van der Waals surface area (Å²) in [7, 11) is 1.64. The molecule has 0 bridgehead atoms. The van der Waals surface area contributed by atoms with Crippen molar-refractivity contribution in [1.29, 1.82) is 0 Å². The smallest absolute Gasteiger partial charge is 0.347 e. The van der Waals surface area contributed by atoms with Crippen LogP contribution in [0, 0.1) is 0 Å². The van der Waals surface area contributed by atoms with Crippen molar-refractivity contribution in [2.75, 3.05) is 7.11 Å². The van der Waals surface area contributed by atoms with E-state index >= 15 is 0 Å². The van der Waals surface area contributed by atoms with Gasteiger partial charge in [-0.15, -0.1) is 0 Å². The molecule has 0 amide bonds. The van der Waals surface area contributed by atoms with Crippen LogP contribution in [0.25, 0.3) is 11.1 Å². The third-order valence-electron chi connectivity index (χ3n) is 4.53. The van der Waals surface area contributed by atoms with Crippen LogP contribution in [0.4, 0.5) is 0 Å². The number of benzene rings is 3. The second kappa shape index (κ2) is 11.2. The van der Waals surface area contributed by atoms with Gasteiger partial charge < -0.3 is 19.4 Å². The van der Waals surface area contributed by atoms with Gasteiger partial charge in [0.1, 0.15) is 11.5 Å². The number of hydrogen-bond acceptors (Lipinski definition) is 5. The van der Waals surface area contributed by atoms with Crippen molar-refractivity contribution in [2.45, 2.75) is 19.4 Å². The molecule has 3 rings (SSSR count). The van der Waals surface area contributed by atoms with E-state index in [0.29, 0.717) is 32.4 Å². The zero-order valence-corrected chi connectivity index (χ0v) is 20.6. The predicted molar refractivity (Wildman–Crippen MR) is 131 cm³/mol. The molecule has 8 heteroatoms. The highest BCUT2D eigenvalue weighted by atomic mass is 79.9. The first-order valence-corrected chi connectivity index (χ1v) is 11.3. The molecule has 0 radical (unpaired) electrons. The van der Waals surface area contributed by atoms with Gasteiger partial charge in [-0.2, -0.15) is 0 Å². The summed E-state index contributed by atoms with van der Waals surface area (Å²) in [6.07, 6.45) is 0.792. The van der Waals surface area contributed by atoms with Crippen molar-refractivity contribution < 1.29 is 24.2 Å². The minimum absolute atomic E-state index is 0.319. The van der Waals surface area contributed by atoms with Crippen LogP contribution in [-0.4, -0.2) is 30.5 Å². The number of methoxy groups -OCH3 is 1. The number of hydrogen-bond donors (Lipinski definition) is 1. The third kappa shape index (κ3) is 5.89. The number of carbonyl (C=O) groups is 1. The number of ether oxygens (including phenoxy) is 2. The summed E-state index contributed by atoms with van der Waals surface area (Å²) in [5.41, 5.74) is 2.64. The zero-order chi connectivity index (χ0) is 23.1. The number of carboxylic acid groups (broad SMARTS) is 1. The van der Waals surface area contributed by atoms with Crippen LogP contribution < -0.4 is 9.47 Å². The first kappa shape index (κ1) is 23.8. The van der Waals surface area contributed by atoms with Crippen LogP contribution >= 0.6 is 31.9 Å². The van der Waals surface area contributed by atoms with Crippen molar-refractivity contribution in [3.63, 3.8) is 0 Å². The predicted octanol–water partition coefficient (Wildman–Crippen LogP) is 6.89. The molecule has 0 saturated carbocycles. The molecule has 1 atom stereocenters. The van der Waals surface area contributed by atoms with Gasteiger partial charge in [0.15, 0.2) is 5.75 Å². The maximum absolute atomic E-state index is 11.0. The number of rotatable bonds is 9. The van der Waals surface area contributed by atoms with Gasteiger partial charge in [0.25, 0.3) is 0 Å². The van der Waals surface area contributed by atoms with E-state index in [0.717, 1.165) is 16.9 Å². The van der Waals surface area contributed by atoms with Gasteiger partial charge in [0.05, 0.1) is 22.3 Å². The Kier molecular flexibility index (Phi) is 8.30. The standard InChI is InChI=1S/C24H21Br2NO5/c1-3-21(24(28)29)32-27-14-15-11-19(25)23(20(26)12-15)31-17-9-10-22(30-2)18(13-17)16-7-5-4-6-8-16/h4-14,21H,3H2,1-2H3,(H,28,29)/b27-14+. The summed E-state index contributed by atoms with van der Waals surface area (Å²) < 4.78 is 13.0. The molecule has 3 aromatic carbocycles. The second-order valence-corrected chi connectivity index (χ2v) is 8.43. The monoisotopic (exact) mass is 561 g/mol. The highest BCUT2D eigenvalue weighted by Crippen LogP contribution is 2.40. The number of aliphatic carboxylic acids is 1. The molecule has 0 saturated heterocycles. The Morgan fingerprint density at radius 1 is 1.09 bits per heavy atom. The molecule has 6 nitrogen and oxygen atoms in total. The fourth-order valence-electron chi connectivity index (χ4n) is 2.92. The molecule has 1 N–H and O–H groups in total. The van der Waals surface area contributed by atoms with Crippen LogP contribution in [0.5, 0.6) is 17.2 Å². The molecule has 0 aliphatic carbocycles. The minimum Gasteiger partial charge on any atom is -0.496 e. The zero-order valence-electron chi connectivity index (χ0n) is 17.4. The van der Waals surface area contributed by atoms with Crippen molar-refractivity contribution >= 4 is 44.0 Å². The number of carboxylic acids is 1. The highest BCUT2D eigenvalue weighted by molar-refractivity contribution is 9.11. The molecule has 0 heterocycles. The average molecular weight is 563 g/mol. The largest absolute Gasteiger partial charge is 0.496 e. The lowest BCUT2D eigenvalue weighted by atomic mass is 10.0.